The summed E-state index contributed by atoms with van der Waals surface area (Å²) in [5.74, 6) is 0.575. The molecule has 0 spiro atoms. The summed E-state index contributed by atoms with van der Waals surface area (Å²) in [7, 11) is 0. The summed E-state index contributed by atoms with van der Waals surface area (Å²) in [5, 5.41) is 18.1. The van der Waals surface area contributed by atoms with Crippen molar-refractivity contribution >= 4 is 29.4 Å². The fraction of sp³-hybridized carbons (Fsp3) is 0.538. The molecule has 0 amide bonds. The predicted octanol–water partition coefficient (Wildman–Crippen LogP) is 2.56. The highest BCUT2D eigenvalue weighted by Gasteiger charge is 2.21. The highest BCUT2D eigenvalue weighted by molar-refractivity contribution is 7.80. The lowest BCUT2D eigenvalue weighted by atomic mass is 9.86. The molecule has 1 aromatic rings. The van der Waals surface area contributed by atoms with E-state index in [1.54, 1.807) is 0 Å². The van der Waals surface area contributed by atoms with Crippen molar-refractivity contribution in [1.29, 1.82) is 0 Å². The first-order valence-electron chi connectivity index (χ1n) is 6.90. The number of nitro groups is 1. The third-order valence-corrected chi connectivity index (χ3v) is 3.79. The van der Waals surface area contributed by atoms with Gasteiger partial charge in [0.15, 0.2) is 10.9 Å². The van der Waals surface area contributed by atoms with Crippen LogP contribution in [0, 0.1) is 16.0 Å². The summed E-state index contributed by atoms with van der Waals surface area (Å²) >= 11 is 5.18. The van der Waals surface area contributed by atoms with E-state index in [-0.39, 0.29) is 5.88 Å². The maximum atomic E-state index is 10.5. The van der Waals surface area contributed by atoms with Gasteiger partial charge in [-0.2, -0.15) is 5.10 Å². The van der Waals surface area contributed by atoms with Crippen molar-refractivity contribution in [1.82, 2.24) is 10.7 Å². The van der Waals surface area contributed by atoms with E-state index in [0.717, 1.165) is 6.42 Å². The van der Waals surface area contributed by atoms with Crippen LogP contribution in [0.1, 0.15) is 38.4 Å². The quantitative estimate of drug-likeness (QED) is 0.384. The Hall–Kier alpha value is -1.96. The van der Waals surface area contributed by atoms with Gasteiger partial charge in [-0.3, -0.25) is 15.5 Å². The Bertz CT molecular complexity index is 543. The average Bonchev–Trinajstić information content (AvgIpc) is 2.90. The Labute approximate surface area is 127 Å². The molecule has 1 aromatic heterocycles. The summed E-state index contributed by atoms with van der Waals surface area (Å²) in [6.07, 6.45) is 6.15. The molecule has 1 saturated carbocycles. The minimum atomic E-state index is -0.596. The van der Waals surface area contributed by atoms with Crippen LogP contribution >= 0.6 is 12.2 Å². The summed E-state index contributed by atoms with van der Waals surface area (Å²) in [4.78, 5) is 9.87. The van der Waals surface area contributed by atoms with E-state index in [1.807, 2.05) is 0 Å². The Morgan fingerprint density at radius 1 is 1.52 bits per heavy atom. The minimum Gasteiger partial charge on any atom is -0.400 e. The molecule has 1 fully saturated rings. The molecule has 0 saturated heterocycles. The Morgan fingerprint density at radius 3 is 2.95 bits per heavy atom. The second kappa shape index (κ2) is 7.16. The van der Waals surface area contributed by atoms with Gasteiger partial charge in [0.25, 0.3) is 0 Å². The van der Waals surface area contributed by atoms with Crippen molar-refractivity contribution in [3.63, 3.8) is 0 Å². The largest absolute Gasteiger partial charge is 0.433 e. The molecule has 8 heteroatoms. The lowest BCUT2D eigenvalue weighted by Crippen LogP contribution is -2.44. The highest BCUT2D eigenvalue weighted by Crippen LogP contribution is 2.23. The van der Waals surface area contributed by atoms with Crippen LogP contribution in [-0.2, 0) is 0 Å². The first kappa shape index (κ1) is 15.4. The smallest absolute Gasteiger partial charge is 0.400 e. The average molecular weight is 310 g/mol. The monoisotopic (exact) mass is 310 g/mol. The van der Waals surface area contributed by atoms with Crippen LogP contribution in [0.15, 0.2) is 21.7 Å². The van der Waals surface area contributed by atoms with Gasteiger partial charge in [-0.05, 0) is 37.0 Å². The molecule has 1 heterocycles. The van der Waals surface area contributed by atoms with Gasteiger partial charge < -0.3 is 9.73 Å². The molecule has 114 valence electrons. The van der Waals surface area contributed by atoms with Crippen molar-refractivity contribution in [3.05, 3.63) is 28.0 Å². The van der Waals surface area contributed by atoms with Crippen LogP contribution < -0.4 is 10.7 Å². The number of hydrazone groups is 1. The zero-order valence-corrected chi connectivity index (χ0v) is 12.6. The van der Waals surface area contributed by atoms with Gasteiger partial charge in [-0.1, -0.05) is 19.8 Å². The molecule has 7 nitrogen and oxygen atoms in total. The van der Waals surface area contributed by atoms with Gasteiger partial charge in [0, 0.05) is 6.04 Å². The molecule has 1 aliphatic carbocycles. The van der Waals surface area contributed by atoms with Crippen LogP contribution in [-0.4, -0.2) is 22.3 Å². The summed E-state index contributed by atoms with van der Waals surface area (Å²) in [5.41, 5.74) is 2.70. The van der Waals surface area contributed by atoms with E-state index >= 15 is 0 Å². The summed E-state index contributed by atoms with van der Waals surface area (Å²) in [6.45, 7) is 2.21. The van der Waals surface area contributed by atoms with E-state index in [4.69, 9.17) is 16.6 Å². The second-order valence-electron chi connectivity index (χ2n) is 5.14. The van der Waals surface area contributed by atoms with Gasteiger partial charge >= 0.3 is 5.88 Å². The Morgan fingerprint density at radius 2 is 2.29 bits per heavy atom. The number of thiocarbonyl (C=S) groups is 1. The zero-order valence-electron chi connectivity index (χ0n) is 11.7. The first-order chi connectivity index (χ1) is 10.1. The van der Waals surface area contributed by atoms with Crippen LogP contribution in [0.2, 0.25) is 0 Å². The fourth-order valence-electron chi connectivity index (χ4n) is 2.40. The van der Waals surface area contributed by atoms with Gasteiger partial charge in [-0.15, -0.1) is 0 Å². The van der Waals surface area contributed by atoms with E-state index < -0.39 is 4.92 Å². The third kappa shape index (κ3) is 4.52. The van der Waals surface area contributed by atoms with Crippen LogP contribution in [0.25, 0.3) is 0 Å². The highest BCUT2D eigenvalue weighted by atomic mass is 32.1. The number of rotatable bonds is 4. The molecule has 0 radical (unpaired) electrons. The van der Waals surface area contributed by atoms with Crippen molar-refractivity contribution in [3.8, 4) is 0 Å². The van der Waals surface area contributed by atoms with Gasteiger partial charge in [-0.25, -0.2) is 0 Å². The number of furan rings is 1. The van der Waals surface area contributed by atoms with Crippen molar-refractivity contribution in [2.75, 3.05) is 0 Å². The molecule has 1 aliphatic rings. The lowest BCUT2D eigenvalue weighted by molar-refractivity contribution is -0.402. The molecule has 0 aliphatic heterocycles. The fourth-order valence-corrected chi connectivity index (χ4v) is 2.60. The van der Waals surface area contributed by atoms with Crippen molar-refractivity contribution in [2.45, 2.75) is 38.6 Å². The maximum absolute atomic E-state index is 10.5. The molecule has 2 atom stereocenters. The zero-order chi connectivity index (χ0) is 15.2. The molecule has 0 bridgehead atoms. The normalized spacial score (nSPS) is 22.1. The van der Waals surface area contributed by atoms with E-state index in [2.05, 4.69) is 22.8 Å². The van der Waals surface area contributed by atoms with Gasteiger partial charge in [0.2, 0.25) is 0 Å². The number of nitrogens with one attached hydrogen (secondary N) is 2. The Kier molecular flexibility index (Phi) is 5.26. The number of hydrogen-bond donors (Lipinski definition) is 2. The van der Waals surface area contributed by atoms with Crippen LogP contribution in [0.5, 0.6) is 0 Å². The van der Waals surface area contributed by atoms with Crippen LogP contribution in [0.3, 0.4) is 0 Å². The summed E-state index contributed by atoms with van der Waals surface area (Å²) in [6, 6.07) is 3.13. The molecule has 21 heavy (non-hydrogen) atoms. The Balaban J connectivity index is 1.79. The molecular weight excluding hydrogens is 292 g/mol. The first-order valence-corrected chi connectivity index (χ1v) is 7.31. The SMILES string of the molecule is C[C@H]1CCCC[C@H]1NC(=S)N/N=C\c1ccc([N+](=O)[O-])o1. The number of hydrogen-bond acceptors (Lipinski definition) is 5. The van der Waals surface area contributed by atoms with E-state index in [1.165, 1.54) is 37.6 Å². The summed E-state index contributed by atoms with van der Waals surface area (Å²) < 4.78 is 4.94. The number of nitrogens with zero attached hydrogens (tertiary/aromatic N) is 2. The molecule has 0 unspecified atom stereocenters. The molecule has 0 aromatic carbocycles. The molecule has 2 rings (SSSR count). The molecular formula is C13H18N4O3S. The third-order valence-electron chi connectivity index (χ3n) is 3.58. The standard InChI is InChI=1S/C13H18N4O3S/c1-9-4-2-3-5-11(9)15-13(21)16-14-8-10-6-7-12(20-10)17(18)19/h6-9,11H,2-5H2,1H3,(H2,15,16,21)/b14-8-/t9-,11+/m0/s1. The topological polar surface area (TPSA) is 92.7 Å². The van der Waals surface area contributed by atoms with Crippen molar-refractivity contribution < 1.29 is 9.34 Å². The van der Waals surface area contributed by atoms with E-state index in [0.29, 0.717) is 22.8 Å². The molecule has 2 N–H and O–H groups in total. The minimum absolute atomic E-state index is 0.294. The van der Waals surface area contributed by atoms with E-state index in [9.17, 15) is 10.1 Å². The lowest BCUT2D eigenvalue weighted by Gasteiger charge is -2.30. The van der Waals surface area contributed by atoms with Crippen LogP contribution in [0.4, 0.5) is 5.88 Å². The van der Waals surface area contributed by atoms with Gasteiger partial charge in [0.05, 0.1) is 12.3 Å². The van der Waals surface area contributed by atoms with Crippen molar-refractivity contribution in [2.24, 2.45) is 11.0 Å². The second-order valence-corrected chi connectivity index (χ2v) is 5.55. The van der Waals surface area contributed by atoms with Gasteiger partial charge in [0.1, 0.15) is 4.92 Å². The maximum Gasteiger partial charge on any atom is 0.433 e. The predicted molar refractivity (Wildman–Crippen MR) is 83.2 cm³/mol.